The Kier molecular flexibility index (Phi) is 6.84. The molecule has 6 heteroatoms. The monoisotopic (exact) mass is 397 g/mol. The van der Waals surface area contributed by atoms with Gasteiger partial charge in [0.1, 0.15) is 0 Å². The second kappa shape index (κ2) is 8.92. The summed E-state index contributed by atoms with van der Waals surface area (Å²) in [6, 6.07) is 6.29. The molecule has 144 valence electrons. The lowest BCUT2D eigenvalue weighted by atomic mass is 9.84. The van der Waals surface area contributed by atoms with E-state index in [0.29, 0.717) is 17.0 Å². The molecule has 2 N–H and O–H groups in total. The van der Waals surface area contributed by atoms with Crippen LogP contribution in [0.25, 0.3) is 11.0 Å². The number of nitrogens with zero attached hydrogens (tertiary/aromatic N) is 2. The lowest BCUT2D eigenvalue weighted by molar-refractivity contribution is 0.184. The average Bonchev–Trinajstić information content (AvgIpc) is 3.04. The minimum atomic E-state index is 0. The standard InChI is InChI=1S/C20H28ClN3O.ClH/c21-16-3-6-18-19(13-16)25-23-20(18)15-8-11-24(12-9-15)10-7-14-1-4-17(22)5-2-14;/h3,6,13-15,17H,1-2,4-5,7-12,22H2;1H. The summed E-state index contributed by atoms with van der Waals surface area (Å²) >= 11 is 6.04. The van der Waals surface area contributed by atoms with E-state index < -0.39 is 0 Å². The Morgan fingerprint density at radius 3 is 2.58 bits per heavy atom. The summed E-state index contributed by atoms with van der Waals surface area (Å²) in [5.41, 5.74) is 7.94. The maximum atomic E-state index is 6.04. The minimum Gasteiger partial charge on any atom is -0.356 e. The van der Waals surface area contributed by atoms with Crippen LogP contribution in [-0.4, -0.2) is 35.7 Å². The van der Waals surface area contributed by atoms with Gasteiger partial charge >= 0.3 is 0 Å². The summed E-state index contributed by atoms with van der Waals surface area (Å²) in [7, 11) is 0. The lowest BCUT2D eigenvalue weighted by Crippen LogP contribution is -2.35. The summed E-state index contributed by atoms with van der Waals surface area (Å²) in [6.45, 7) is 3.57. The second-order valence-corrected chi connectivity index (χ2v) is 8.33. The molecule has 2 aliphatic rings. The Labute approximate surface area is 166 Å². The number of benzene rings is 1. The van der Waals surface area contributed by atoms with Gasteiger partial charge in [-0.3, -0.25) is 0 Å². The third-order valence-electron chi connectivity index (χ3n) is 6.18. The molecule has 0 unspecified atom stereocenters. The molecule has 0 amide bonds. The van der Waals surface area contributed by atoms with Crippen LogP contribution in [0.1, 0.15) is 56.6 Å². The third-order valence-corrected chi connectivity index (χ3v) is 6.42. The summed E-state index contributed by atoms with van der Waals surface area (Å²) in [4.78, 5) is 2.63. The molecule has 4 rings (SSSR count). The number of nitrogens with two attached hydrogens (primary N) is 1. The first-order chi connectivity index (χ1) is 12.2. The molecule has 1 aromatic heterocycles. The van der Waals surface area contributed by atoms with E-state index in [9.17, 15) is 0 Å². The highest BCUT2D eigenvalue weighted by Gasteiger charge is 2.26. The first-order valence-electron chi connectivity index (χ1n) is 9.72. The van der Waals surface area contributed by atoms with Crippen LogP contribution in [0.5, 0.6) is 0 Å². The number of hydrogen-bond acceptors (Lipinski definition) is 4. The van der Waals surface area contributed by atoms with E-state index in [1.807, 2.05) is 18.2 Å². The molecule has 1 aromatic carbocycles. The molecule has 4 nitrogen and oxygen atoms in total. The molecule has 2 heterocycles. The molecule has 1 aliphatic heterocycles. The van der Waals surface area contributed by atoms with Crippen LogP contribution in [0.2, 0.25) is 5.02 Å². The van der Waals surface area contributed by atoms with Crippen molar-refractivity contribution in [3.63, 3.8) is 0 Å². The largest absolute Gasteiger partial charge is 0.356 e. The molecule has 1 aliphatic carbocycles. The molecule has 0 radical (unpaired) electrons. The zero-order chi connectivity index (χ0) is 17.2. The van der Waals surface area contributed by atoms with Crippen LogP contribution in [0.4, 0.5) is 0 Å². The number of hydrogen-bond donors (Lipinski definition) is 1. The Bertz CT molecular complexity index is 704. The fourth-order valence-electron chi connectivity index (χ4n) is 4.50. The van der Waals surface area contributed by atoms with E-state index in [4.69, 9.17) is 21.9 Å². The molecule has 26 heavy (non-hydrogen) atoms. The third kappa shape index (κ3) is 4.53. The van der Waals surface area contributed by atoms with Crippen molar-refractivity contribution in [3.05, 3.63) is 28.9 Å². The van der Waals surface area contributed by atoms with Gasteiger partial charge in [-0.2, -0.15) is 0 Å². The topological polar surface area (TPSA) is 55.3 Å². The summed E-state index contributed by atoms with van der Waals surface area (Å²) < 4.78 is 5.49. The Hall–Kier alpha value is -0.810. The smallest absolute Gasteiger partial charge is 0.168 e. The summed E-state index contributed by atoms with van der Waals surface area (Å²) in [5.74, 6) is 1.40. The minimum absolute atomic E-state index is 0. The average molecular weight is 398 g/mol. The van der Waals surface area contributed by atoms with Crippen molar-refractivity contribution in [2.24, 2.45) is 11.7 Å². The number of fused-ring (bicyclic) bond motifs is 1. The molecule has 1 saturated carbocycles. The van der Waals surface area contributed by atoms with Crippen LogP contribution >= 0.6 is 24.0 Å². The van der Waals surface area contributed by atoms with Crippen molar-refractivity contribution in [2.45, 2.75) is 56.9 Å². The van der Waals surface area contributed by atoms with E-state index in [1.165, 1.54) is 64.6 Å². The Balaban J connectivity index is 0.00000196. The van der Waals surface area contributed by atoms with Crippen LogP contribution in [-0.2, 0) is 0 Å². The molecule has 0 atom stereocenters. The van der Waals surface area contributed by atoms with E-state index in [0.717, 1.165) is 22.6 Å². The van der Waals surface area contributed by atoms with E-state index in [2.05, 4.69) is 10.1 Å². The number of halogens is 2. The van der Waals surface area contributed by atoms with Gasteiger partial charge in [-0.25, -0.2) is 0 Å². The number of likely N-dealkylation sites (tertiary alicyclic amines) is 1. The normalized spacial score (nSPS) is 25.3. The summed E-state index contributed by atoms with van der Waals surface area (Å²) in [5, 5.41) is 6.18. The quantitative estimate of drug-likeness (QED) is 0.788. The van der Waals surface area contributed by atoms with Crippen LogP contribution < -0.4 is 5.73 Å². The first-order valence-corrected chi connectivity index (χ1v) is 10.1. The van der Waals surface area contributed by atoms with Crippen molar-refractivity contribution in [2.75, 3.05) is 19.6 Å². The Morgan fingerprint density at radius 2 is 1.85 bits per heavy atom. The van der Waals surface area contributed by atoms with Gasteiger partial charge < -0.3 is 15.2 Å². The zero-order valence-electron chi connectivity index (χ0n) is 15.2. The van der Waals surface area contributed by atoms with Gasteiger partial charge in [0.05, 0.1) is 5.69 Å². The molecule has 0 bridgehead atoms. The van der Waals surface area contributed by atoms with Crippen LogP contribution in [0.3, 0.4) is 0 Å². The highest BCUT2D eigenvalue weighted by molar-refractivity contribution is 6.31. The zero-order valence-corrected chi connectivity index (χ0v) is 16.8. The van der Waals surface area contributed by atoms with Crippen molar-refractivity contribution in [3.8, 4) is 0 Å². The molecule has 2 aromatic rings. The van der Waals surface area contributed by atoms with Crippen molar-refractivity contribution in [1.29, 1.82) is 0 Å². The van der Waals surface area contributed by atoms with Crippen molar-refractivity contribution < 1.29 is 4.52 Å². The second-order valence-electron chi connectivity index (χ2n) is 7.89. The maximum Gasteiger partial charge on any atom is 0.168 e. The van der Waals surface area contributed by atoms with Gasteiger partial charge in [-0.05, 0) is 82.6 Å². The maximum absolute atomic E-state index is 6.04. The fourth-order valence-corrected chi connectivity index (χ4v) is 4.66. The Morgan fingerprint density at radius 1 is 1.12 bits per heavy atom. The van der Waals surface area contributed by atoms with Crippen molar-refractivity contribution >= 4 is 35.0 Å². The molecule has 1 saturated heterocycles. The molecule has 0 spiro atoms. The highest BCUT2D eigenvalue weighted by Crippen LogP contribution is 2.34. The molecule has 2 fully saturated rings. The number of piperidine rings is 1. The lowest BCUT2D eigenvalue weighted by Gasteiger charge is -2.33. The predicted molar refractivity (Wildman–Crippen MR) is 109 cm³/mol. The van der Waals surface area contributed by atoms with Crippen molar-refractivity contribution in [1.82, 2.24) is 10.1 Å². The van der Waals surface area contributed by atoms with Gasteiger partial charge in [0, 0.05) is 28.4 Å². The van der Waals surface area contributed by atoms with Gasteiger partial charge in [-0.1, -0.05) is 16.8 Å². The molecular weight excluding hydrogens is 369 g/mol. The van der Waals surface area contributed by atoms with Gasteiger partial charge in [0.25, 0.3) is 0 Å². The van der Waals surface area contributed by atoms with Gasteiger partial charge in [0.2, 0.25) is 0 Å². The van der Waals surface area contributed by atoms with E-state index in [-0.39, 0.29) is 12.4 Å². The summed E-state index contributed by atoms with van der Waals surface area (Å²) in [6.07, 6.45) is 8.75. The van der Waals surface area contributed by atoms with Crippen LogP contribution in [0, 0.1) is 5.92 Å². The SMILES string of the molecule is Cl.NC1CCC(CCN2CCC(c3noc4cc(Cl)ccc34)CC2)CC1. The first kappa shape index (κ1) is 19.9. The predicted octanol–water partition coefficient (Wildman–Crippen LogP) is 4.99. The highest BCUT2D eigenvalue weighted by atomic mass is 35.5. The number of rotatable bonds is 4. The van der Waals surface area contributed by atoms with Gasteiger partial charge in [-0.15, -0.1) is 12.4 Å². The van der Waals surface area contributed by atoms with Crippen LogP contribution in [0.15, 0.2) is 22.7 Å². The number of aromatic nitrogens is 1. The molecular formula is C20H29Cl2N3O. The fraction of sp³-hybridized carbons (Fsp3) is 0.650. The van der Waals surface area contributed by atoms with E-state index >= 15 is 0 Å². The van der Waals surface area contributed by atoms with Gasteiger partial charge in [0.15, 0.2) is 5.58 Å². The van der Waals surface area contributed by atoms with E-state index in [1.54, 1.807) is 0 Å².